The predicted molar refractivity (Wildman–Crippen MR) is 97.4 cm³/mol. The minimum absolute atomic E-state index is 0.0334. The van der Waals surface area contributed by atoms with Gasteiger partial charge in [0.25, 0.3) is 15.9 Å². The molecule has 1 N–H and O–H groups in total. The van der Waals surface area contributed by atoms with Gasteiger partial charge in [-0.25, -0.2) is 8.42 Å². The Labute approximate surface area is 154 Å². The molecule has 0 aliphatic rings. The number of carbonyl (C=O) groups is 1. The second-order valence-corrected chi connectivity index (χ2v) is 8.04. The van der Waals surface area contributed by atoms with E-state index in [0.717, 1.165) is 15.6 Å². The van der Waals surface area contributed by atoms with E-state index in [9.17, 15) is 13.2 Å². The maximum absolute atomic E-state index is 12.8. The van der Waals surface area contributed by atoms with Crippen molar-refractivity contribution in [2.24, 2.45) is 0 Å². The Bertz CT molecular complexity index is 995. The van der Waals surface area contributed by atoms with Gasteiger partial charge in [0.05, 0.1) is 22.6 Å². The minimum atomic E-state index is -3.80. The van der Waals surface area contributed by atoms with Crippen LogP contribution in [0.3, 0.4) is 0 Å². The van der Waals surface area contributed by atoms with E-state index < -0.39 is 15.9 Å². The van der Waals surface area contributed by atoms with Gasteiger partial charge in [0.1, 0.15) is 12.0 Å². The fourth-order valence-corrected chi connectivity index (χ4v) is 4.47. The van der Waals surface area contributed by atoms with Crippen LogP contribution in [0.25, 0.3) is 0 Å². The van der Waals surface area contributed by atoms with Crippen LogP contribution in [0.4, 0.5) is 11.5 Å². The monoisotopic (exact) mass is 393 g/mol. The first-order chi connectivity index (χ1) is 12.4. The van der Waals surface area contributed by atoms with Gasteiger partial charge in [0, 0.05) is 18.5 Å². The second kappa shape index (κ2) is 7.18. The number of hydrogen-bond donors (Lipinski definition) is 1. The number of ether oxygens (including phenoxy) is 1. The maximum Gasteiger partial charge on any atom is 0.267 e. The number of nitrogens with one attached hydrogen (secondary N) is 1. The number of methoxy groups -OCH3 is 1. The summed E-state index contributed by atoms with van der Waals surface area (Å²) in [5.41, 5.74) is 0.477. The number of thiophene rings is 1. The highest BCUT2D eigenvalue weighted by atomic mass is 32.2. The van der Waals surface area contributed by atoms with Crippen LogP contribution in [0.1, 0.15) is 9.67 Å². The van der Waals surface area contributed by atoms with Gasteiger partial charge in [-0.05, 0) is 30.3 Å². The fourth-order valence-electron chi connectivity index (χ4n) is 2.12. The van der Waals surface area contributed by atoms with Crippen molar-refractivity contribution in [3.63, 3.8) is 0 Å². The van der Waals surface area contributed by atoms with E-state index in [1.165, 1.54) is 37.9 Å². The van der Waals surface area contributed by atoms with Crippen LogP contribution >= 0.6 is 11.3 Å². The van der Waals surface area contributed by atoms with Crippen LogP contribution in [0.2, 0.25) is 0 Å². The molecule has 0 radical (unpaired) electrons. The van der Waals surface area contributed by atoms with Crippen LogP contribution < -0.4 is 14.4 Å². The molecule has 8 nitrogen and oxygen atoms in total. The first-order valence-electron chi connectivity index (χ1n) is 7.35. The molecule has 3 rings (SSSR count). The Morgan fingerprint density at radius 1 is 1.27 bits per heavy atom. The van der Waals surface area contributed by atoms with Crippen LogP contribution in [-0.4, -0.2) is 33.6 Å². The van der Waals surface area contributed by atoms with E-state index in [1.807, 2.05) is 0 Å². The average molecular weight is 393 g/mol. The molecule has 136 valence electrons. The molecule has 1 aromatic carbocycles. The number of carbonyl (C=O) groups excluding carboxylic acids is 1. The molecule has 2 heterocycles. The third kappa shape index (κ3) is 3.55. The van der Waals surface area contributed by atoms with E-state index in [-0.39, 0.29) is 15.6 Å². The quantitative estimate of drug-likeness (QED) is 0.691. The highest BCUT2D eigenvalue weighted by molar-refractivity contribution is 7.93. The van der Waals surface area contributed by atoms with Gasteiger partial charge < -0.3 is 14.6 Å². The van der Waals surface area contributed by atoms with Crippen molar-refractivity contribution in [2.45, 2.75) is 4.90 Å². The third-order valence-corrected chi connectivity index (χ3v) is 6.41. The average Bonchev–Trinajstić information content (AvgIpc) is 3.33. The van der Waals surface area contributed by atoms with Crippen LogP contribution in [-0.2, 0) is 10.0 Å². The summed E-state index contributed by atoms with van der Waals surface area (Å²) in [7, 11) is -0.815. The molecule has 0 bridgehead atoms. The third-order valence-electron chi connectivity index (χ3n) is 3.57. The summed E-state index contributed by atoms with van der Waals surface area (Å²) in [5, 5.41) is 7.52. The summed E-state index contributed by atoms with van der Waals surface area (Å²) in [5.74, 6) is 0.419. The fraction of sp³-hybridized carbons (Fsp3) is 0.125. The molecule has 0 aliphatic heterocycles. The summed E-state index contributed by atoms with van der Waals surface area (Å²) in [6.45, 7) is 0. The van der Waals surface area contributed by atoms with Gasteiger partial charge in [0.2, 0.25) is 0 Å². The molecule has 0 spiro atoms. The molecule has 0 unspecified atom stereocenters. The van der Waals surface area contributed by atoms with Crippen molar-refractivity contribution < 1.29 is 22.5 Å². The molecule has 10 heteroatoms. The molecular formula is C16H15N3O5S2. The van der Waals surface area contributed by atoms with Gasteiger partial charge in [-0.1, -0.05) is 5.16 Å². The number of nitrogens with zero attached hydrogens (tertiary/aromatic N) is 2. The van der Waals surface area contributed by atoms with Gasteiger partial charge in [-0.2, -0.15) is 0 Å². The summed E-state index contributed by atoms with van der Waals surface area (Å²) in [6.07, 6.45) is 1.32. The first-order valence-corrected chi connectivity index (χ1v) is 9.67. The molecule has 1 amide bonds. The van der Waals surface area contributed by atoms with E-state index in [1.54, 1.807) is 24.3 Å². The Morgan fingerprint density at radius 2 is 2.00 bits per heavy atom. The number of amides is 1. The van der Waals surface area contributed by atoms with Gasteiger partial charge in [-0.3, -0.25) is 9.10 Å². The van der Waals surface area contributed by atoms with Crippen molar-refractivity contribution in [2.75, 3.05) is 23.8 Å². The van der Waals surface area contributed by atoms with Gasteiger partial charge in [0.15, 0.2) is 5.82 Å². The van der Waals surface area contributed by atoms with Gasteiger partial charge in [-0.15, -0.1) is 11.3 Å². The van der Waals surface area contributed by atoms with Crippen molar-refractivity contribution in [3.8, 4) is 5.75 Å². The summed E-state index contributed by atoms with van der Waals surface area (Å²) in [4.78, 5) is 12.4. The zero-order chi connectivity index (χ0) is 18.7. The lowest BCUT2D eigenvalue weighted by molar-refractivity contribution is 0.102. The summed E-state index contributed by atoms with van der Waals surface area (Å²) in [6, 6.07) is 9.44. The molecule has 26 heavy (non-hydrogen) atoms. The van der Waals surface area contributed by atoms with E-state index >= 15 is 0 Å². The molecule has 0 atom stereocenters. The van der Waals surface area contributed by atoms with Gasteiger partial charge >= 0.3 is 0 Å². The highest BCUT2D eigenvalue weighted by Gasteiger charge is 2.24. The molecule has 3 aromatic rings. The Hall–Kier alpha value is -2.85. The zero-order valence-electron chi connectivity index (χ0n) is 13.9. The number of hydrogen-bond acceptors (Lipinski definition) is 7. The van der Waals surface area contributed by atoms with E-state index in [4.69, 9.17) is 4.74 Å². The second-order valence-electron chi connectivity index (χ2n) is 5.16. The number of anilines is 2. The minimum Gasteiger partial charge on any atom is -0.497 e. The number of sulfonamides is 1. The van der Waals surface area contributed by atoms with E-state index in [0.29, 0.717) is 11.4 Å². The number of aromatic nitrogens is 1. The molecule has 0 saturated carbocycles. The van der Waals surface area contributed by atoms with Crippen molar-refractivity contribution >= 4 is 38.8 Å². The molecule has 0 aliphatic carbocycles. The lowest BCUT2D eigenvalue weighted by Crippen LogP contribution is -2.26. The first kappa shape index (κ1) is 18.0. The SMILES string of the molecule is COc1ccc(N(C)S(=O)(=O)c2csc(C(=O)Nc3ccon3)c2)cc1. The Kier molecular flexibility index (Phi) is 4.96. The topological polar surface area (TPSA) is 102 Å². The van der Waals surface area contributed by atoms with Crippen LogP contribution in [0, 0.1) is 0 Å². The Morgan fingerprint density at radius 3 is 2.62 bits per heavy atom. The summed E-state index contributed by atoms with van der Waals surface area (Å²) < 4.78 is 36.4. The molecular weight excluding hydrogens is 378 g/mol. The lowest BCUT2D eigenvalue weighted by atomic mass is 10.3. The highest BCUT2D eigenvalue weighted by Crippen LogP contribution is 2.27. The predicted octanol–water partition coefficient (Wildman–Crippen LogP) is 2.82. The van der Waals surface area contributed by atoms with Crippen molar-refractivity contribution in [1.82, 2.24) is 5.16 Å². The number of benzene rings is 1. The normalized spacial score (nSPS) is 11.2. The standard InChI is InChI=1S/C16H15N3O5S2/c1-19(11-3-5-12(23-2)6-4-11)26(21,22)13-9-14(25-10-13)16(20)17-15-7-8-24-18-15/h3-10H,1-2H3,(H,17,18,20). The summed E-state index contributed by atoms with van der Waals surface area (Å²) >= 11 is 1.03. The maximum atomic E-state index is 12.8. The largest absolute Gasteiger partial charge is 0.497 e. The van der Waals surface area contributed by atoms with Crippen molar-refractivity contribution in [1.29, 1.82) is 0 Å². The Balaban J connectivity index is 1.80. The number of rotatable bonds is 6. The van der Waals surface area contributed by atoms with Crippen molar-refractivity contribution in [3.05, 3.63) is 52.9 Å². The van der Waals surface area contributed by atoms with Crippen LogP contribution in [0.15, 0.2) is 57.5 Å². The lowest BCUT2D eigenvalue weighted by Gasteiger charge is -2.18. The molecule has 0 fully saturated rings. The molecule has 0 saturated heterocycles. The smallest absolute Gasteiger partial charge is 0.267 e. The van der Waals surface area contributed by atoms with E-state index in [2.05, 4.69) is 15.0 Å². The zero-order valence-corrected chi connectivity index (χ0v) is 15.5. The molecule has 2 aromatic heterocycles. The van der Waals surface area contributed by atoms with Crippen LogP contribution in [0.5, 0.6) is 5.75 Å².